The molecule has 0 saturated carbocycles. The number of rotatable bonds is 4. The lowest BCUT2D eigenvalue weighted by atomic mass is 10.0. The Morgan fingerprint density at radius 2 is 2.24 bits per heavy atom. The van der Waals surface area contributed by atoms with Crippen LogP contribution in [0.25, 0.3) is 0 Å². The molecule has 0 fully saturated rings. The topological polar surface area (TPSA) is 69.2 Å². The van der Waals surface area contributed by atoms with Crippen LogP contribution in [0.4, 0.5) is 5.69 Å². The van der Waals surface area contributed by atoms with Crippen LogP contribution < -0.4 is 5.73 Å². The smallest absolute Gasteiger partial charge is 0.283 e. The number of nitrogens with two attached hydrogens (primary N) is 1. The van der Waals surface area contributed by atoms with Crippen molar-refractivity contribution in [3.05, 3.63) is 50.5 Å². The first kappa shape index (κ1) is 16.1. The van der Waals surface area contributed by atoms with E-state index in [1.165, 1.54) is 6.07 Å². The average molecular weight is 322 g/mol. The third kappa shape index (κ3) is 4.46. The summed E-state index contributed by atoms with van der Waals surface area (Å²) >= 11 is 3.13. The molecule has 0 amide bonds. The van der Waals surface area contributed by atoms with E-state index in [-0.39, 0.29) is 24.1 Å². The van der Waals surface area contributed by atoms with Crippen molar-refractivity contribution >= 4 is 34.0 Å². The van der Waals surface area contributed by atoms with Crippen LogP contribution in [0.5, 0.6) is 0 Å². The molecule has 1 atom stereocenters. The zero-order chi connectivity index (χ0) is 12.3. The van der Waals surface area contributed by atoms with Gasteiger partial charge in [-0.05, 0) is 40.9 Å². The van der Waals surface area contributed by atoms with E-state index in [2.05, 4.69) is 22.5 Å². The van der Waals surface area contributed by atoms with E-state index in [0.717, 1.165) is 11.1 Å². The monoisotopic (exact) mass is 320 g/mol. The Morgan fingerprint density at radius 3 is 2.71 bits per heavy atom. The highest BCUT2D eigenvalue weighted by Crippen LogP contribution is 2.29. The van der Waals surface area contributed by atoms with Crippen LogP contribution >= 0.6 is 28.3 Å². The molecule has 6 heteroatoms. The van der Waals surface area contributed by atoms with Gasteiger partial charge in [0.15, 0.2) is 0 Å². The summed E-state index contributed by atoms with van der Waals surface area (Å²) in [6.07, 6.45) is 0.624. The minimum absolute atomic E-state index is 0. The second kappa shape index (κ2) is 6.74. The van der Waals surface area contributed by atoms with E-state index in [4.69, 9.17) is 5.73 Å². The number of halogens is 2. The van der Waals surface area contributed by atoms with Crippen LogP contribution in [0.1, 0.15) is 24.9 Å². The predicted octanol–water partition coefficient (Wildman–Crippen LogP) is 3.75. The molecule has 0 bridgehead atoms. The molecule has 94 valence electrons. The molecule has 0 aliphatic heterocycles. The van der Waals surface area contributed by atoms with Crippen LogP contribution in [0.2, 0.25) is 0 Å². The molecule has 0 aliphatic carbocycles. The van der Waals surface area contributed by atoms with Gasteiger partial charge in [0.1, 0.15) is 0 Å². The molecule has 17 heavy (non-hydrogen) atoms. The summed E-state index contributed by atoms with van der Waals surface area (Å²) in [5.74, 6) is 0. The fraction of sp³-hybridized carbons (Fsp3) is 0.273. The fourth-order valence-corrected chi connectivity index (χ4v) is 1.78. The van der Waals surface area contributed by atoms with E-state index < -0.39 is 4.92 Å². The predicted molar refractivity (Wildman–Crippen MR) is 74.4 cm³/mol. The number of hydrogen-bond acceptors (Lipinski definition) is 3. The number of nitrogens with zero attached hydrogens (tertiary/aromatic N) is 1. The quantitative estimate of drug-likeness (QED) is 0.521. The van der Waals surface area contributed by atoms with E-state index in [9.17, 15) is 10.1 Å². The summed E-state index contributed by atoms with van der Waals surface area (Å²) in [6, 6.07) is 4.68. The first-order chi connectivity index (χ1) is 7.41. The SMILES string of the molecule is C=C(C)C[C@H](N)c1ccc(Br)c([N+](=O)[O-])c1.Cl. The van der Waals surface area contributed by atoms with Crippen LogP contribution in [0.15, 0.2) is 34.8 Å². The standard InChI is InChI=1S/C11H13BrN2O2.ClH/c1-7(2)5-10(13)8-3-4-9(12)11(6-8)14(15)16;/h3-4,6,10H,1,5,13H2,2H3;1H/t10-;/m0./s1. The maximum absolute atomic E-state index is 10.7. The normalized spacial score (nSPS) is 11.5. The first-order valence-electron chi connectivity index (χ1n) is 4.75. The minimum atomic E-state index is -0.429. The molecule has 0 heterocycles. The van der Waals surface area contributed by atoms with Gasteiger partial charge >= 0.3 is 0 Å². The van der Waals surface area contributed by atoms with Gasteiger partial charge in [0.05, 0.1) is 9.40 Å². The highest BCUT2D eigenvalue weighted by molar-refractivity contribution is 9.10. The number of hydrogen-bond donors (Lipinski definition) is 1. The van der Waals surface area contributed by atoms with Gasteiger partial charge in [-0.1, -0.05) is 11.6 Å². The molecule has 0 spiro atoms. The van der Waals surface area contributed by atoms with E-state index in [1.807, 2.05) is 6.92 Å². The molecule has 1 aromatic carbocycles. The Bertz CT molecular complexity index is 437. The van der Waals surface area contributed by atoms with Gasteiger partial charge in [-0.25, -0.2) is 0 Å². The Kier molecular flexibility index (Phi) is 6.37. The van der Waals surface area contributed by atoms with Gasteiger partial charge in [0.25, 0.3) is 5.69 Å². The van der Waals surface area contributed by atoms with Crippen molar-refractivity contribution < 1.29 is 4.92 Å². The van der Waals surface area contributed by atoms with Gasteiger partial charge in [0, 0.05) is 12.1 Å². The number of benzene rings is 1. The average Bonchev–Trinajstić information content (AvgIpc) is 2.16. The van der Waals surface area contributed by atoms with Crippen molar-refractivity contribution in [1.82, 2.24) is 0 Å². The lowest BCUT2D eigenvalue weighted by Gasteiger charge is -2.11. The number of nitro groups is 1. The molecule has 1 rings (SSSR count). The third-order valence-corrected chi connectivity index (χ3v) is 2.83. The van der Waals surface area contributed by atoms with Gasteiger partial charge in [0.2, 0.25) is 0 Å². The maximum atomic E-state index is 10.7. The highest BCUT2D eigenvalue weighted by Gasteiger charge is 2.15. The summed E-state index contributed by atoms with van der Waals surface area (Å²) in [5.41, 5.74) is 7.66. The minimum Gasteiger partial charge on any atom is -0.324 e. The summed E-state index contributed by atoms with van der Waals surface area (Å²) in [6.45, 7) is 5.65. The van der Waals surface area contributed by atoms with E-state index >= 15 is 0 Å². The summed E-state index contributed by atoms with van der Waals surface area (Å²) in [4.78, 5) is 10.3. The van der Waals surface area contributed by atoms with Crippen molar-refractivity contribution in [3.8, 4) is 0 Å². The lowest BCUT2D eigenvalue weighted by molar-refractivity contribution is -0.385. The second-order valence-electron chi connectivity index (χ2n) is 3.74. The van der Waals surface area contributed by atoms with E-state index in [1.54, 1.807) is 12.1 Å². The van der Waals surface area contributed by atoms with Gasteiger partial charge < -0.3 is 5.73 Å². The molecule has 2 N–H and O–H groups in total. The second-order valence-corrected chi connectivity index (χ2v) is 4.59. The molecular weight excluding hydrogens is 307 g/mol. The third-order valence-electron chi connectivity index (χ3n) is 2.16. The summed E-state index contributed by atoms with van der Waals surface area (Å²) in [7, 11) is 0. The molecule has 0 aromatic heterocycles. The van der Waals surface area contributed by atoms with Gasteiger partial charge in [-0.2, -0.15) is 0 Å². The van der Waals surface area contributed by atoms with Gasteiger partial charge in [-0.15, -0.1) is 19.0 Å². The molecule has 4 nitrogen and oxygen atoms in total. The van der Waals surface area contributed by atoms with Gasteiger partial charge in [-0.3, -0.25) is 10.1 Å². The van der Waals surface area contributed by atoms with Crippen LogP contribution in [-0.4, -0.2) is 4.92 Å². The summed E-state index contributed by atoms with van der Waals surface area (Å²) in [5, 5.41) is 10.7. The molecule has 0 unspecified atom stereocenters. The molecular formula is C11H14BrClN2O2. The van der Waals surface area contributed by atoms with Crippen molar-refractivity contribution in [2.75, 3.05) is 0 Å². The van der Waals surface area contributed by atoms with Crippen molar-refractivity contribution in [1.29, 1.82) is 0 Å². The Morgan fingerprint density at radius 1 is 1.65 bits per heavy atom. The van der Waals surface area contributed by atoms with Crippen molar-refractivity contribution in [2.45, 2.75) is 19.4 Å². The van der Waals surface area contributed by atoms with E-state index in [0.29, 0.717) is 10.9 Å². The van der Waals surface area contributed by atoms with Crippen LogP contribution in [-0.2, 0) is 0 Å². The lowest BCUT2D eigenvalue weighted by Crippen LogP contribution is -2.10. The van der Waals surface area contributed by atoms with Crippen LogP contribution in [0, 0.1) is 10.1 Å². The van der Waals surface area contributed by atoms with Crippen LogP contribution in [0.3, 0.4) is 0 Å². The largest absolute Gasteiger partial charge is 0.324 e. The summed E-state index contributed by atoms with van der Waals surface area (Å²) < 4.78 is 0.462. The van der Waals surface area contributed by atoms with Crippen molar-refractivity contribution in [3.63, 3.8) is 0 Å². The number of nitro benzene ring substituents is 1. The molecule has 0 aliphatic rings. The molecule has 0 saturated heterocycles. The molecule has 1 aromatic rings. The maximum Gasteiger partial charge on any atom is 0.283 e. The fourth-order valence-electron chi connectivity index (χ4n) is 1.39. The first-order valence-corrected chi connectivity index (χ1v) is 5.55. The molecule has 0 radical (unpaired) electrons. The van der Waals surface area contributed by atoms with Crippen molar-refractivity contribution in [2.24, 2.45) is 5.73 Å². The zero-order valence-electron chi connectivity index (χ0n) is 9.35. The zero-order valence-corrected chi connectivity index (χ0v) is 11.8. The Hall–Kier alpha value is -0.910. The Labute approximate surface area is 115 Å². The highest BCUT2D eigenvalue weighted by atomic mass is 79.9. The Balaban J connectivity index is 0.00000256.